The second-order valence-electron chi connectivity index (χ2n) is 12.0. The Labute approximate surface area is 185 Å². The highest BCUT2D eigenvalue weighted by atomic mass is 16.5. The Balaban J connectivity index is 1.96. The van der Waals surface area contributed by atoms with Gasteiger partial charge in [0.25, 0.3) is 0 Å². The van der Waals surface area contributed by atoms with Crippen molar-refractivity contribution in [1.82, 2.24) is 0 Å². The number of methoxy groups -OCH3 is 1. The van der Waals surface area contributed by atoms with Gasteiger partial charge >= 0.3 is 5.97 Å². The summed E-state index contributed by atoms with van der Waals surface area (Å²) in [5.74, 6) is -0.416. The predicted octanol–water partition coefficient (Wildman–Crippen LogP) is 4.47. The average Bonchev–Trinajstić information content (AvgIpc) is 2.70. The van der Waals surface area contributed by atoms with Crippen LogP contribution < -0.4 is 0 Å². The van der Waals surface area contributed by atoms with E-state index in [4.69, 9.17) is 4.74 Å². The zero-order chi connectivity index (χ0) is 23.4. The van der Waals surface area contributed by atoms with Crippen molar-refractivity contribution in [2.24, 2.45) is 38.9 Å². The van der Waals surface area contributed by atoms with Crippen molar-refractivity contribution in [2.45, 2.75) is 80.6 Å². The number of hydrogen-bond acceptors (Lipinski definition) is 5. The van der Waals surface area contributed by atoms with Crippen LogP contribution in [0.25, 0.3) is 0 Å². The Kier molecular flexibility index (Phi) is 4.46. The summed E-state index contributed by atoms with van der Waals surface area (Å²) in [6.07, 6.45) is 3.46. The molecule has 5 nitrogen and oxygen atoms in total. The summed E-state index contributed by atoms with van der Waals surface area (Å²) in [7, 11) is 1.28. The van der Waals surface area contributed by atoms with Crippen molar-refractivity contribution in [3.8, 4) is 0 Å². The number of carbonyl (C=O) groups is 4. The van der Waals surface area contributed by atoms with Gasteiger partial charge in [-0.1, -0.05) is 27.7 Å². The van der Waals surface area contributed by atoms with Gasteiger partial charge in [-0.25, -0.2) is 4.79 Å². The van der Waals surface area contributed by atoms with Gasteiger partial charge in [-0.3, -0.25) is 14.4 Å². The molecule has 0 N–H and O–H groups in total. The highest BCUT2D eigenvalue weighted by Gasteiger charge is 2.75. The number of hydrogen-bond donors (Lipinski definition) is 0. The topological polar surface area (TPSA) is 77.5 Å². The number of esters is 1. The van der Waals surface area contributed by atoms with Crippen molar-refractivity contribution >= 4 is 23.3 Å². The molecular formula is C26H36O5. The first-order valence-corrected chi connectivity index (χ1v) is 11.6. The lowest BCUT2D eigenvalue weighted by atomic mass is 9.32. The normalized spacial score (nSPS) is 46.4. The fourth-order valence-electron chi connectivity index (χ4n) is 8.45. The van der Waals surface area contributed by atoms with Gasteiger partial charge in [0, 0.05) is 17.3 Å². The lowest BCUT2D eigenvalue weighted by Gasteiger charge is -2.70. The Morgan fingerprint density at radius 1 is 0.968 bits per heavy atom. The van der Waals surface area contributed by atoms with Gasteiger partial charge in [0.2, 0.25) is 0 Å². The van der Waals surface area contributed by atoms with Crippen LogP contribution in [0.2, 0.25) is 0 Å². The molecule has 6 atom stereocenters. The smallest absolute Gasteiger partial charge is 0.341 e. The number of carbonyl (C=O) groups excluding carboxylic acids is 4. The minimum Gasteiger partial charge on any atom is -0.465 e. The second kappa shape index (κ2) is 6.17. The molecule has 0 amide bonds. The molecule has 0 aliphatic heterocycles. The minimum absolute atomic E-state index is 0.0536. The molecule has 3 fully saturated rings. The monoisotopic (exact) mass is 428 g/mol. The van der Waals surface area contributed by atoms with Crippen LogP contribution >= 0.6 is 0 Å². The molecule has 0 saturated heterocycles. The third-order valence-corrected chi connectivity index (χ3v) is 10.8. The zero-order valence-corrected chi connectivity index (χ0v) is 20.2. The molecule has 0 aromatic rings. The summed E-state index contributed by atoms with van der Waals surface area (Å²) in [6.45, 7) is 14.0. The molecular weight excluding hydrogens is 392 g/mol. The van der Waals surface area contributed by atoms with Crippen molar-refractivity contribution in [2.75, 3.05) is 7.11 Å². The van der Waals surface area contributed by atoms with Crippen LogP contribution in [-0.4, -0.2) is 30.4 Å². The van der Waals surface area contributed by atoms with E-state index in [9.17, 15) is 19.2 Å². The number of rotatable bonds is 1. The summed E-state index contributed by atoms with van der Waals surface area (Å²) >= 11 is 0. The van der Waals surface area contributed by atoms with E-state index in [2.05, 4.69) is 27.7 Å². The first-order valence-electron chi connectivity index (χ1n) is 11.6. The van der Waals surface area contributed by atoms with E-state index in [1.807, 2.05) is 6.92 Å². The van der Waals surface area contributed by atoms with Gasteiger partial charge < -0.3 is 4.74 Å². The van der Waals surface area contributed by atoms with Crippen LogP contribution in [0.15, 0.2) is 11.1 Å². The summed E-state index contributed by atoms with van der Waals surface area (Å²) in [5, 5.41) is 0. The van der Waals surface area contributed by atoms with E-state index in [1.165, 1.54) is 7.11 Å². The maximum absolute atomic E-state index is 14.0. The molecule has 4 rings (SSSR count). The molecule has 170 valence electrons. The van der Waals surface area contributed by atoms with E-state index < -0.39 is 27.6 Å². The van der Waals surface area contributed by atoms with E-state index >= 15 is 0 Å². The first kappa shape index (κ1) is 22.4. The zero-order valence-electron chi connectivity index (χ0n) is 20.2. The van der Waals surface area contributed by atoms with Crippen molar-refractivity contribution in [3.63, 3.8) is 0 Å². The molecule has 0 unspecified atom stereocenters. The van der Waals surface area contributed by atoms with Gasteiger partial charge in [0.05, 0.1) is 12.5 Å². The Bertz CT molecular complexity index is 957. The highest BCUT2D eigenvalue weighted by molar-refractivity contribution is 6.30. The van der Waals surface area contributed by atoms with Gasteiger partial charge in [0.15, 0.2) is 11.6 Å². The SMILES string of the molecule is COC(=O)C1=C(C)[C@@]2(C)C[C@@H]3[C@@]4(C)CCC(=O)C(C)(C)[C@@H]4CC[C@@]3(C)[C@@](C)(C1=O)C2=O. The minimum atomic E-state index is -1.27. The van der Waals surface area contributed by atoms with Crippen LogP contribution in [0, 0.1) is 38.9 Å². The van der Waals surface area contributed by atoms with Crippen LogP contribution in [-0.2, 0) is 23.9 Å². The fourth-order valence-corrected chi connectivity index (χ4v) is 8.45. The molecule has 0 spiro atoms. The molecule has 4 aliphatic rings. The predicted molar refractivity (Wildman–Crippen MR) is 116 cm³/mol. The van der Waals surface area contributed by atoms with Gasteiger partial charge in [-0.15, -0.1) is 0 Å². The van der Waals surface area contributed by atoms with Gasteiger partial charge in [-0.05, 0) is 74.7 Å². The van der Waals surface area contributed by atoms with E-state index in [-0.39, 0.29) is 34.4 Å². The highest BCUT2D eigenvalue weighted by Crippen LogP contribution is 2.74. The van der Waals surface area contributed by atoms with Crippen LogP contribution in [0.5, 0.6) is 0 Å². The first-order chi connectivity index (χ1) is 14.1. The fraction of sp³-hybridized carbons (Fsp3) is 0.769. The number of fused-ring (bicyclic) bond motifs is 6. The summed E-state index contributed by atoms with van der Waals surface area (Å²) in [4.78, 5) is 53.3. The molecule has 4 aliphatic carbocycles. The number of ketones is 3. The summed E-state index contributed by atoms with van der Waals surface area (Å²) < 4.78 is 4.97. The quantitative estimate of drug-likeness (QED) is 0.350. The van der Waals surface area contributed by atoms with Gasteiger partial charge in [-0.2, -0.15) is 0 Å². The third-order valence-electron chi connectivity index (χ3n) is 10.8. The van der Waals surface area contributed by atoms with E-state index in [0.29, 0.717) is 30.6 Å². The number of Topliss-reactive ketones (excluding diaryl/α,β-unsaturated/α-hetero) is 3. The van der Waals surface area contributed by atoms with Crippen molar-refractivity contribution in [1.29, 1.82) is 0 Å². The van der Waals surface area contributed by atoms with Gasteiger partial charge in [0.1, 0.15) is 11.4 Å². The van der Waals surface area contributed by atoms with E-state index in [0.717, 1.165) is 12.8 Å². The summed E-state index contributed by atoms with van der Waals surface area (Å²) in [5.41, 5.74) is -2.65. The summed E-state index contributed by atoms with van der Waals surface area (Å²) in [6, 6.07) is 0. The number of ether oxygens (including phenoxy) is 1. The molecule has 2 bridgehead atoms. The maximum atomic E-state index is 14.0. The maximum Gasteiger partial charge on any atom is 0.341 e. The molecule has 0 radical (unpaired) electrons. The van der Waals surface area contributed by atoms with Crippen LogP contribution in [0.3, 0.4) is 0 Å². The Hall–Kier alpha value is -1.78. The lowest BCUT2D eigenvalue weighted by molar-refractivity contribution is -0.207. The average molecular weight is 429 g/mol. The molecule has 0 heterocycles. The molecule has 31 heavy (non-hydrogen) atoms. The molecule has 5 heteroatoms. The molecule has 0 aromatic heterocycles. The Morgan fingerprint density at radius 2 is 1.58 bits per heavy atom. The Morgan fingerprint density at radius 3 is 2.16 bits per heavy atom. The van der Waals surface area contributed by atoms with Crippen LogP contribution in [0.4, 0.5) is 0 Å². The molecule has 3 saturated carbocycles. The van der Waals surface area contributed by atoms with E-state index in [1.54, 1.807) is 13.8 Å². The largest absolute Gasteiger partial charge is 0.465 e. The van der Waals surface area contributed by atoms with Crippen molar-refractivity contribution < 1.29 is 23.9 Å². The van der Waals surface area contributed by atoms with Crippen molar-refractivity contribution in [3.05, 3.63) is 11.1 Å². The molecule has 0 aromatic carbocycles. The third kappa shape index (κ3) is 2.28. The lowest BCUT2D eigenvalue weighted by Crippen LogP contribution is -2.71. The second-order valence-corrected chi connectivity index (χ2v) is 12.0. The number of allylic oxidation sites excluding steroid dienone is 1. The standard InChI is InChI=1S/C26H36O5/c1-14-18(20(29)31-8)19(28)26(7)21(30)24(14,5)13-16-23(4)11-10-17(27)22(2,3)15(23)9-12-25(16,26)6/h15-16H,9-13H2,1-8H3/t15-,16+,23-,24+,25+,26-/m0/s1. The van der Waals surface area contributed by atoms with Crippen LogP contribution in [0.1, 0.15) is 80.6 Å².